The summed E-state index contributed by atoms with van der Waals surface area (Å²) < 4.78 is 0. The lowest BCUT2D eigenvalue weighted by Crippen LogP contribution is -2.24. The first kappa shape index (κ1) is 14.2. The van der Waals surface area contributed by atoms with Gasteiger partial charge in [-0.05, 0) is 43.0 Å². The van der Waals surface area contributed by atoms with E-state index in [2.05, 4.69) is 5.32 Å². The second-order valence-electron chi connectivity index (χ2n) is 4.38. The molecule has 0 spiro atoms. The molecule has 0 fully saturated rings. The average molecular weight is 246 g/mol. The van der Waals surface area contributed by atoms with Gasteiger partial charge >= 0.3 is 0 Å². The highest BCUT2D eigenvalue weighted by molar-refractivity contribution is 5.94. The number of carbonyl (C=O) groups is 1. The molecule has 0 aliphatic heterocycles. The number of hydrogen-bond donors (Lipinski definition) is 2. The highest BCUT2D eigenvalue weighted by Crippen LogP contribution is 2.05. The molecule has 0 heterocycles. The zero-order valence-corrected chi connectivity index (χ0v) is 10.5. The van der Waals surface area contributed by atoms with E-state index in [-0.39, 0.29) is 18.4 Å². The van der Waals surface area contributed by atoms with Gasteiger partial charge in [-0.15, -0.1) is 0 Å². The van der Waals surface area contributed by atoms with E-state index in [1.807, 2.05) is 13.0 Å². The number of aliphatic hydroxyl groups is 1. The van der Waals surface area contributed by atoms with E-state index in [0.717, 1.165) is 12.8 Å². The lowest BCUT2D eigenvalue weighted by Gasteiger charge is -2.08. The Kier molecular flexibility index (Phi) is 5.89. The zero-order valence-electron chi connectivity index (χ0n) is 10.5. The molecule has 0 saturated heterocycles. The van der Waals surface area contributed by atoms with Gasteiger partial charge in [-0.25, -0.2) is 0 Å². The molecule has 0 aliphatic carbocycles. The van der Waals surface area contributed by atoms with Gasteiger partial charge in [0, 0.05) is 18.7 Å². The molecule has 0 aromatic heterocycles. The second-order valence-corrected chi connectivity index (χ2v) is 4.38. The highest BCUT2D eigenvalue weighted by Gasteiger charge is 2.05. The van der Waals surface area contributed by atoms with Crippen LogP contribution in [-0.4, -0.2) is 24.2 Å². The van der Waals surface area contributed by atoms with Crippen LogP contribution in [0.4, 0.5) is 0 Å². The van der Waals surface area contributed by atoms with Gasteiger partial charge in [0.2, 0.25) is 0 Å². The van der Waals surface area contributed by atoms with Crippen molar-refractivity contribution in [2.75, 3.05) is 13.2 Å². The van der Waals surface area contributed by atoms with Crippen molar-refractivity contribution < 1.29 is 9.90 Å². The first-order valence-electron chi connectivity index (χ1n) is 6.06. The minimum Gasteiger partial charge on any atom is -0.396 e. The molecular weight excluding hydrogens is 228 g/mol. The number of hydrogen-bond acceptors (Lipinski definition) is 3. The summed E-state index contributed by atoms with van der Waals surface area (Å²) in [5.41, 5.74) is 1.10. The van der Waals surface area contributed by atoms with Crippen LogP contribution in [0.3, 0.4) is 0 Å². The Hall–Kier alpha value is -1.86. The summed E-state index contributed by atoms with van der Waals surface area (Å²) in [5, 5.41) is 20.3. The third-order valence-electron chi connectivity index (χ3n) is 2.75. The summed E-state index contributed by atoms with van der Waals surface area (Å²) in [6.07, 6.45) is 1.74. The quantitative estimate of drug-likeness (QED) is 0.750. The van der Waals surface area contributed by atoms with Crippen molar-refractivity contribution in [2.45, 2.75) is 19.8 Å². The van der Waals surface area contributed by atoms with Crippen LogP contribution in [0.25, 0.3) is 0 Å². The lowest BCUT2D eigenvalue weighted by molar-refractivity contribution is 0.0952. The Morgan fingerprint density at radius 2 is 2.11 bits per heavy atom. The van der Waals surface area contributed by atoms with E-state index in [1.165, 1.54) is 0 Å². The van der Waals surface area contributed by atoms with Crippen LogP contribution < -0.4 is 5.32 Å². The number of amides is 1. The third kappa shape index (κ3) is 4.56. The van der Waals surface area contributed by atoms with Crippen LogP contribution >= 0.6 is 0 Å². The first-order valence-corrected chi connectivity index (χ1v) is 6.06. The monoisotopic (exact) mass is 246 g/mol. The van der Waals surface area contributed by atoms with E-state index in [9.17, 15) is 4.79 Å². The van der Waals surface area contributed by atoms with Crippen LogP contribution in [-0.2, 0) is 0 Å². The van der Waals surface area contributed by atoms with E-state index in [0.29, 0.717) is 17.7 Å². The zero-order chi connectivity index (χ0) is 13.4. The van der Waals surface area contributed by atoms with Gasteiger partial charge in [0.05, 0.1) is 11.6 Å². The molecule has 1 amide bonds. The lowest BCUT2D eigenvalue weighted by atomic mass is 10.1. The molecule has 0 radical (unpaired) electrons. The fourth-order valence-corrected chi connectivity index (χ4v) is 1.54. The number of nitrogens with zero attached hydrogens (tertiary/aromatic N) is 1. The van der Waals surface area contributed by atoms with Crippen molar-refractivity contribution in [3.8, 4) is 6.07 Å². The SMILES string of the molecule is CC(CO)CCCNC(=O)c1ccc(C#N)cc1. The molecule has 0 aliphatic rings. The Morgan fingerprint density at radius 1 is 1.44 bits per heavy atom. The smallest absolute Gasteiger partial charge is 0.251 e. The van der Waals surface area contributed by atoms with Crippen LogP contribution in [0.1, 0.15) is 35.7 Å². The second kappa shape index (κ2) is 7.46. The number of nitriles is 1. The number of benzene rings is 1. The van der Waals surface area contributed by atoms with Crippen molar-refractivity contribution in [3.63, 3.8) is 0 Å². The molecule has 0 saturated carbocycles. The van der Waals surface area contributed by atoms with E-state index >= 15 is 0 Å². The summed E-state index contributed by atoms with van der Waals surface area (Å²) in [6, 6.07) is 8.55. The Bertz CT molecular complexity index is 420. The van der Waals surface area contributed by atoms with Gasteiger partial charge in [0.25, 0.3) is 5.91 Å². The highest BCUT2D eigenvalue weighted by atomic mass is 16.3. The van der Waals surface area contributed by atoms with E-state index < -0.39 is 0 Å². The van der Waals surface area contributed by atoms with Gasteiger partial charge in [-0.1, -0.05) is 6.92 Å². The maximum atomic E-state index is 11.7. The molecule has 96 valence electrons. The van der Waals surface area contributed by atoms with Crippen LogP contribution in [0.15, 0.2) is 24.3 Å². The normalized spacial score (nSPS) is 11.6. The van der Waals surface area contributed by atoms with Crippen molar-refractivity contribution in [1.82, 2.24) is 5.32 Å². The molecule has 1 unspecified atom stereocenters. The molecule has 18 heavy (non-hydrogen) atoms. The fraction of sp³-hybridized carbons (Fsp3) is 0.429. The van der Waals surface area contributed by atoms with Gasteiger partial charge in [0.1, 0.15) is 0 Å². The number of aliphatic hydroxyl groups excluding tert-OH is 1. The van der Waals surface area contributed by atoms with Gasteiger partial charge in [-0.2, -0.15) is 5.26 Å². The van der Waals surface area contributed by atoms with Gasteiger partial charge in [0.15, 0.2) is 0 Å². The minimum absolute atomic E-state index is 0.129. The fourth-order valence-electron chi connectivity index (χ4n) is 1.54. The van der Waals surface area contributed by atoms with Crippen LogP contribution in [0.5, 0.6) is 0 Å². The number of rotatable bonds is 6. The number of nitrogens with one attached hydrogen (secondary N) is 1. The third-order valence-corrected chi connectivity index (χ3v) is 2.75. The Balaban J connectivity index is 2.34. The standard InChI is InChI=1S/C14H18N2O2/c1-11(10-17)3-2-8-16-14(18)13-6-4-12(9-15)5-7-13/h4-7,11,17H,2-3,8,10H2,1H3,(H,16,18). The maximum Gasteiger partial charge on any atom is 0.251 e. The number of carbonyl (C=O) groups excluding carboxylic acids is 1. The van der Waals surface area contributed by atoms with Crippen LogP contribution in [0, 0.1) is 17.2 Å². The molecule has 4 heteroatoms. The summed E-state index contributed by atoms with van der Waals surface area (Å²) in [5.74, 6) is 0.146. The molecule has 0 bridgehead atoms. The summed E-state index contributed by atoms with van der Waals surface area (Å²) in [6.45, 7) is 2.76. The first-order chi connectivity index (χ1) is 8.67. The molecule has 1 atom stereocenters. The maximum absolute atomic E-state index is 11.7. The average Bonchev–Trinajstić information content (AvgIpc) is 2.43. The van der Waals surface area contributed by atoms with Gasteiger partial charge < -0.3 is 10.4 Å². The van der Waals surface area contributed by atoms with Crippen molar-refractivity contribution >= 4 is 5.91 Å². The predicted molar refractivity (Wildman–Crippen MR) is 69.0 cm³/mol. The largest absolute Gasteiger partial charge is 0.396 e. The summed E-state index contributed by atoms with van der Waals surface area (Å²) in [4.78, 5) is 11.7. The summed E-state index contributed by atoms with van der Waals surface area (Å²) in [7, 11) is 0. The summed E-state index contributed by atoms with van der Waals surface area (Å²) >= 11 is 0. The van der Waals surface area contributed by atoms with Crippen molar-refractivity contribution in [1.29, 1.82) is 5.26 Å². The molecule has 1 aromatic carbocycles. The molecule has 4 nitrogen and oxygen atoms in total. The predicted octanol–water partition coefficient (Wildman–Crippen LogP) is 1.70. The van der Waals surface area contributed by atoms with E-state index in [1.54, 1.807) is 24.3 Å². The van der Waals surface area contributed by atoms with Crippen molar-refractivity contribution in [3.05, 3.63) is 35.4 Å². The Morgan fingerprint density at radius 3 is 2.67 bits per heavy atom. The Labute approximate surface area is 107 Å². The van der Waals surface area contributed by atoms with E-state index in [4.69, 9.17) is 10.4 Å². The molecule has 2 N–H and O–H groups in total. The molecule has 1 rings (SSSR count). The van der Waals surface area contributed by atoms with Crippen LogP contribution in [0.2, 0.25) is 0 Å². The van der Waals surface area contributed by atoms with Crippen molar-refractivity contribution in [2.24, 2.45) is 5.92 Å². The minimum atomic E-state index is -0.129. The molecule has 1 aromatic rings. The molecular formula is C14H18N2O2. The van der Waals surface area contributed by atoms with Gasteiger partial charge in [-0.3, -0.25) is 4.79 Å². The topological polar surface area (TPSA) is 73.1 Å².